The molecule has 3 atom stereocenters. The summed E-state index contributed by atoms with van der Waals surface area (Å²) in [5, 5.41) is 3.13. The van der Waals surface area contributed by atoms with Gasteiger partial charge in [-0.3, -0.25) is 9.69 Å². The third-order valence-electron chi connectivity index (χ3n) is 6.65. The van der Waals surface area contributed by atoms with Crippen LogP contribution in [-0.2, 0) is 10.0 Å². The lowest BCUT2D eigenvalue weighted by Gasteiger charge is -2.35. The van der Waals surface area contributed by atoms with E-state index in [0.29, 0.717) is 17.7 Å². The molecule has 2 aromatic carbocycles. The highest BCUT2D eigenvalue weighted by molar-refractivity contribution is 7.89. The van der Waals surface area contributed by atoms with Crippen molar-refractivity contribution < 1.29 is 17.9 Å². The summed E-state index contributed by atoms with van der Waals surface area (Å²) in [7, 11) is 0.774. The summed E-state index contributed by atoms with van der Waals surface area (Å²) in [6.45, 7) is 2.01. The summed E-state index contributed by atoms with van der Waals surface area (Å²) >= 11 is 0. The molecule has 4 rings (SSSR count). The maximum absolute atomic E-state index is 13.1. The number of carbonyl (C=O) groups excluding carboxylic acids is 1. The van der Waals surface area contributed by atoms with Gasteiger partial charge in [-0.05, 0) is 48.9 Å². The number of nitrogens with one attached hydrogen (secondary N) is 1. The number of methoxy groups -OCH3 is 1. The van der Waals surface area contributed by atoms with Crippen molar-refractivity contribution in [3.8, 4) is 5.75 Å². The van der Waals surface area contributed by atoms with E-state index in [4.69, 9.17) is 4.74 Å². The first kappa shape index (κ1) is 22.8. The minimum atomic E-state index is -3.64. The predicted octanol–water partition coefficient (Wildman–Crippen LogP) is 2.70. The molecule has 0 saturated carbocycles. The van der Waals surface area contributed by atoms with Crippen molar-refractivity contribution >= 4 is 15.9 Å². The molecule has 0 radical (unpaired) electrons. The molecule has 0 spiro atoms. The molecule has 1 amide bonds. The molecule has 32 heavy (non-hydrogen) atoms. The van der Waals surface area contributed by atoms with Gasteiger partial charge in [0.25, 0.3) is 5.91 Å². The highest BCUT2D eigenvalue weighted by Gasteiger charge is 2.38. The van der Waals surface area contributed by atoms with E-state index < -0.39 is 10.0 Å². The first-order valence-electron chi connectivity index (χ1n) is 11.0. The molecule has 1 unspecified atom stereocenters. The molecule has 2 heterocycles. The maximum atomic E-state index is 13.1. The van der Waals surface area contributed by atoms with Crippen molar-refractivity contribution in [3.63, 3.8) is 0 Å². The minimum absolute atomic E-state index is 0.0529. The molecule has 172 valence electrons. The number of sulfonamides is 1. The van der Waals surface area contributed by atoms with Crippen LogP contribution in [0.2, 0.25) is 0 Å². The normalized spacial score (nSPS) is 23.7. The zero-order chi connectivity index (χ0) is 22.9. The standard InChI is InChI=1S/C24H31N3O4S/c1-26(2)32(29,30)21-9-10-23(31-3)22(15-21)24(28)25-19-11-12-27-16-18(13-20(27)14-19)17-7-5-4-6-8-17/h4-10,15,18-20H,11-14,16H2,1-3H3,(H,25,28)/t18?,19-,20-/m0/s1. The highest BCUT2D eigenvalue weighted by Crippen LogP contribution is 2.36. The van der Waals surface area contributed by atoms with E-state index in [1.807, 2.05) is 6.07 Å². The van der Waals surface area contributed by atoms with Crippen LogP contribution in [0.25, 0.3) is 0 Å². The molecule has 2 aliphatic heterocycles. The van der Waals surface area contributed by atoms with Crippen LogP contribution in [0.1, 0.15) is 41.1 Å². The Morgan fingerprint density at radius 1 is 1.12 bits per heavy atom. The van der Waals surface area contributed by atoms with Gasteiger partial charge in [-0.2, -0.15) is 0 Å². The van der Waals surface area contributed by atoms with Crippen molar-refractivity contribution in [2.24, 2.45) is 0 Å². The Hall–Kier alpha value is -2.42. The Balaban J connectivity index is 1.46. The highest BCUT2D eigenvalue weighted by atomic mass is 32.2. The Bertz CT molecular complexity index is 1070. The average Bonchev–Trinajstić information content (AvgIpc) is 3.22. The van der Waals surface area contributed by atoms with Crippen LogP contribution in [0.3, 0.4) is 0 Å². The molecular formula is C24H31N3O4S. The number of nitrogens with zero attached hydrogens (tertiary/aromatic N) is 2. The number of fused-ring (bicyclic) bond motifs is 1. The van der Waals surface area contributed by atoms with E-state index >= 15 is 0 Å². The summed E-state index contributed by atoms with van der Waals surface area (Å²) in [5.74, 6) is 0.597. The SMILES string of the molecule is COc1ccc(S(=O)(=O)N(C)C)cc1C(=O)N[C@H]1CCN2CC(c3ccccc3)C[C@H]2C1. The summed E-state index contributed by atoms with van der Waals surface area (Å²) < 4.78 is 31.5. The van der Waals surface area contributed by atoms with E-state index in [1.54, 1.807) is 0 Å². The summed E-state index contributed by atoms with van der Waals surface area (Å²) in [5.41, 5.74) is 1.62. The molecule has 8 heteroatoms. The van der Waals surface area contributed by atoms with Crippen LogP contribution in [-0.4, -0.2) is 69.9 Å². The van der Waals surface area contributed by atoms with Crippen molar-refractivity contribution in [3.05, 3.63) is 59.7 Å². The van der Waals surface area contributed by atoms with Crippen LogP contribution in [0.15, 0.2) is 53.4 Å². The predicted molar refractivity (Wildman–Crippen MR) is 124 cm³/mol. The number of ether oxygens (including phenoxy) is 1. The number of piperidine rings is 1. The topological polar surface area (TPSA) is 79.0 Å². The summed E-state index contributed by atoms with van der Waals surface area (Å²) in [6, 6.07) is 15.5. The third kappa shape index (κ3) is 4.53. The number of carbonyl (C=O) groups is 1. The van der Waals surface area contributed by atoms with Crippen molar-refractivity contribution in [2.45, 2.75) is 42.2 Å². The number of hydrogen-bond donors (Lipinski definition) is 1. The van der Waals surface area contributed by atoms with Crippen LogP contribution in [0, 0.1) is 0 Å². The van der Waals surface area contributed by atoms with Gasteiger partial charge in [0.15, 0.2) is 0 Å². The second kappa shape index (κ2) is 9.21. The Labute approximate surface area is 190 Å². The number of rotatable bonds is 6. The molecule has 0 aliphatic carbocycles. The molecule has 2 aliphatic rings. The zero-order valence-electron chi connectivity index (χ0n) is 18.8. The van der Waals surface area contributed by atoms with Crippen molar-refractivity contribution in [1.29, 1.82) is 0 Å². The Morgan fingerprint density at radius 2 is 1.88 bits per heavy atom. The second-order valence-corrected chi connectivity index (χ2v) is 11.0. The molecule has 7 nitrogen and oxygen atoms in total. The fourth-order valence-corrected chi connectivity index (χ4v) is 5.80. The quantitative estimate of drug-likeness (QED) is 0.722. The first-order valence-corrected chi connectivity index (χ1v) is 12.4. The summed E-state index contributed by atoms with van der Waals surface area (Å²) in [6.07, 6.45) is 2.87. The average molecular weight is 458 g/mol. The molecule has 2 fully saturated rings. The van der Waals surface area contributed by atoms with Gasteiger partial charge in [-0.15, -0.1) is 0 Å². The van der Waals surface area contributed by atoms with E-state index in [1.165, 1.54) is 45.0 Å². The van der Waals surface area contributed by atoms with E-state index in [9.17, 15) is 13.2 Å². The lowest BCUT2D eigenvalue weighted by molar-refractivity contribution is 0.0893. The van der Waals surface area contributed by atoms with Gasteiger partial charge in [0.05, 0.1) is 17.6 Å². The van der Waals surface area contributed by atoms with E-state index in [-0.39, 0.29) is 22.4 Å². The summed E-state index contributed by atoms with van der Waals surface area (Å²) in [4.78, 5) is 15.7. The largest absolute Gasteiger partial charge is 0.496 e. The molecule has 0 aromatic heterocycles. The minimum Gasteiger partial charge on any atom is -0.496 e. The number of hydrogen-bond acceptors (Lipinski definition) is 5. The first-order chi connectivity index (χ1) is 15.3. The fraction of sp³-hybridized carbons (Fsp3) is 0.458. The Morgan fingerprint density at radius 3 is 2.56 bits per heavy atom. The van der Waals surface area contributed by atoms with Gasteiger partial charge in [0, 0.05) is 39.3 Å². The molecule has 1 N–H and O–H groups in total. The maximum Gasteiger partial charge on any atom is 0.255 e. The van der Waals surface area contributed by atoms with Crippen molar-refractivity contribution in [1.82, 2.24) is 14.5 Å². The van der Waals surface area contributed by atoms with E-state index in [0.717, 1.165) is 36.7 Å². The fourth-order valence-electron chi connectivity index (χ4n) is 4.87. The molecule has 2 saturated heterocycles. The third-order valence-corrected chi connectivity index (χ3v) is 8.46. The lowest BCUT2D eigenvalue weighted by Crippen LogP contribution is -2.47. The van der Waals surface area contributed by atoms with Gasteiger partial charge in [-0.25, -0.2) is 12.7 Å². The van der Waals surface area contributed by atoms with Gasteiger partial charge in [-0.1, -0.05) is 30.3 Å². The Kier molecular flexibility index (Phi) is 6.55. The molecule has 0 bridgehead atoms. The van der Waals surface area contributed by atoms with Gasteiger partial charge >= 0.3 is 0 Å². The molecule has 2 aromatic rings. The van der Waals surface area contributed by atoms with Gasteiger partial charge in [0.1, 0.15) is 5.75 Å². The van der Waals surface area contributed by atoms with Crippen molar-refractivity contribution in [2.75, 3.05) is 34.3 Å². The van der Waals surface area contributed by atoms with Crippen LogP contribution >= 0.6 is 0 Å². The monoisotopic (exact) mass is 457 g/mol. The molecular weight excluding hydrogens is 426 g/mol. The van der Waals surface area contributed by atoms with Gasteiger partial charge in [0.2, 0.25) is 10.0 Å². The number of benzene rings is 2. The van der Waals surface area contributed by atoms with Crippen LogP contribution in [0.5, 0.6) is 5.75 Å². The zero-order valence-corrected chi connectivity index (χ0v) is 19.6. The van der Waals surface area contributed by atoms with Crippen LogP contribution < -0.4 is 10.1 Å². The lowest BCUT2D eigenvalue weighted by atomic mass is 9.92. The van der Waals surface area contributed by atoms with Gasteiger partial charge < -0.3 is 10.1 Å². The number of amides is 1. The smallest absolute Gasteiger partial charge is 0.255 e. The van der Waals surface area contributed by atoms with Crippen LogP contribution in [0.4, 0.5) is 0 Å². The second-order valence-electron chi connectivity index (χ2n) is 8.84. The van der Waals surface area contributed by atoms with E-state index in [2.05, 4.69) is 34.5 Å².